The van der Waals surface area contributed by atoms with Gasteiger partial charge in [-0.15, -0.1) is 0 Å². The highest BCUT2D eigenvalue weighted by Gasteiger charge is 2.42. The van der Waals surface area contributed by atoms with Crippen molar-refractivity contribution in [3.05, 3.63) is 24.3 Å². The van der Waals surface area contributed by atoms with E-state index in [0.29, 0.717) is 12.8 Å². The topological polar surface area (TPSA) is 94.8 Å². The van der Waals surface area contributed by atoms with Gasteiger partial charge in [0.2, 0.25) is 0 Å². The van der Waals surface area contributed by atoms with E-state index in [1.54, 1.807) is 13.0 Å². The van der Waals surface area contributed by atoms with Crippen LogP contribution in [0.5, 0.6) is 0 Å². The van der Waals surface area contributed by atoms with Crippen molar-refractivity contribution in [1.29, 1.82) is 0 Å². The van der Waals surface area contributed by atoms with E-state index in [9.17, 15) is 19.8 Å². The number of rotatable bonds is 11. The predicted octanol–water partition coefficient (Wildman–Crippen LogP) is 3.50. The molecule has 0 saturated heterocycles. The minimum absolute atomic E-state index is 0.0576. The second-order valence-electron chi connectivity index (χ2n) is 8.48. The molecule has 0 spiro atoms. The molecular weight excluding hydrogens is 344 g/mol. The van der Waals surface area contributed by atoms with Gasteiger partial charge < -0.3 is 15.3 Å². The van der Waals surface area contributed by atoms with Gasteiger partial charge in [-0.25, -0.2) is 0 Å². The Balaban J connectivity index is 1.87. The standard InChI is InChI=1S/C22H34O5/c1-3-4-7-11-22(2,27)12-10-17-16(19(23)14-20(17)24)9-6-5-8-15-13-18(15)21(25)26/h5-6,10,12,15-18,20,24,27H,3-4,7-9,11,13-14H2,1-2H3,(H,25,26)/b6-5-,12-10+/t15-,16-,17-,18-,20-,22+/m1/s1. The Morgan fingerprint density at radius 3 is 2.59 bits per heavy atom. The summed E-state index contributed by atoms with van der Waals surface area (Å²) in [6.07, 6.45) is 12.7. The van der Waals surface area contributed by atoms with Gasteiger partial charge in [0.05, 0.1) is 17.6 Å². The number of carbonyl (C=O) groups is 2. The smallest absolute Gasteiger partial charge is 0.306 e. The van der Waals surface area contributed by atoms with Crippen LogP contribution in [-0.4, -0.2) is 38.8 Å². The van der Waals surface area contributed by atoms with Crippen molar-refractivity contribution >= 4 is 11.8 Å². The number of ketones is 1. The molecule has 0 heterocycles. The van der Waals surface area contributed by atoms with Crippen molar-refractivity contribution in [1.82, 2.24) is 0 Å². The predicted molar refractivity (Wildman–Crippen MR) is 104 cm³/mol. The molecule has 3 N–H and O–H groups in total. The highest BCUT2D eigenvalue weighted by atomic mass is 16.4. The fourth-order valence-electron chi connectivity index (χ4n) is 3.99. The number of aliphatic hydroxyl groups excluding tert-OH is 1. The lowest BCUT2D eigenvalue weighted by atomic mass is 9.88. The van der Waals surface area contributed by atoms with Crippen molar-refractivity contribution in [2.45, 2.75) is 76.9 Å². The van der Waals surface area contributed by atoms with Crippen LogP contribution in [0.4, 0.5) is 0 Å². The maximum Gasteiger partial charge on any atom is 0.306 e. The summed E-state index contributed by atoms with van der Waals surface area (Å²) in [6.45, 7) is 3.89. The first-order valence-electron chi connectivity index (χ1n) is 10.3. The van der Waals surface area contributed by atoms with Crippen LogP contribution < -0.4 is 0 Å². The third-order valence-corrected chi connectivity index (χ3v) is 5.93. The quantitative estimate of drug-likeness (QED) is 0.378. The van der Waals surface area contributed by atoms with Crippen molar-refractivity contribution in [3.8, 4) is 0 Å². The minimum atomic E-state index is -0.918. The first-order chi connectivity index (χ1) is 12.7. The lowest BCUT2D eigenvalue weighted by Gasteiger charge is -2.21. The first-order valence-corrected chi connectivity index (χ1v) is 10.3. The van der Waals surface area contributed by atoms with Crippen LogP contribution in [-0.2, 0) is 9.59 Å². The molecule has 0 amide bonds. The van der Waals surface area contributed by atoms with Crippen molar-refractivity contribution < 1.29 is 24.9 Å². The van der Waals surface area contributed by atoms with Gasteiger partial charge >= 0.3 is 5.97 Å². The molecule has 0 radical (unpaired) electrons. The summed E-state index contributed by atoms with van der Waals surface area (Å²) in [4.78, 5) is 23.1. The third kappa shape index (κ3) is 6.58. The molecule has 5 nitrogen and oxygen atoms in total. The van der Waals surface area contributed by atoms with E-state index in [2.05, 4.69) is 6.92 Å². The monoisotopic (exact) mass is 378 g/mol. The van der Waals surface area contributed by atoms with E-state index in [4.69, 9.17) is 5.11 Å². The SMILES string of the molecule is CCCCC[C@](C)(O)/C=C/[C@H]1[C@H](O)CC(=O)[C@@H]1C/C=C\C[C@@H]1C[C@H]1C(=O)O. The van der Waals surface area contributed by atoms with Crippen LogP contribution in [0.15, 0.2) is 24.3 Å². The molecule has 0 aromatic carbocycles. The molecular formula is C22H34O5. The maximum atomic E-state index is 12.2. The molecule has 0 bridgehead atoms. The molecule has 6 atom stereocenters. The summed E-state index contributed by atoms with van der Waals surface area (Å²) in [7, 11) is 0. The van der Waals surface area contributed by atoms with Crippen LogP contribution in [0.1, 0.15) is 65.2 Å². The molecule has 2 rings (SSSR count). The van der Waals surface area contributed by atoms with Gasteiger partial charge in [0.1, 0.15) is 5.78 Å². The second kappa shape index (κ2) is 9.65. The molecule has 2 aliphatic carbocycles. The average molecular weight is 379 g/mol. The fourth-order valence-corrected chi connectivity index (χ4v) is 3.99. The Hall–Kier alpha value is -1.46. The van der Waals surface area contributed by atoms with E-state index < -0.39 is 17.7 Å². The largest absolute Gasteiger partial charge is 0.481 e. The van der Waals surface area contributed by atoms with Gasteiger partial charge in [-0.3, -0.25) is 9.59 Å². The highest BCUT2D eigenvalue weighted by molar-refractivity contribution is 5.84. The van der Waals surface area contributed by atoms with Gasteiger partial charge in [-0.2, -0.15) is 0 Å². The normalized spacial score (nSPS) is 33.0. The first kappa shape index (κ1) is 21.8. The van der Waals surface area contributed by atoms with Gasteiger partial charge in [0.25, 0.3) is 0 Å². The Kier molecular flexibility index (Phi) is 7.80. The summed E-state index contributed by atoms with van der Waals surface area (Å²) in [5.41, 5.74) is -0.918. The van der Waals surface area contributed by atoms with Gasteiger partial charge in [0.15, 0.2) is 0 Å². The molecule has 152 valence electrons. The van der Waals surface area contributed by atoms with E-state index in [1.807, 2.05) is 18.2 Å². The van der Waals surface area contributed by atoms with Crippen molar-refractivity contribution in [2.24, 2.45) is 23.7 Å². The van der Waals surface area contributed by atoms with Crippen LogP contribution >= 0.6 is 0 Å². The number of aliphatic hydroxyl groups is 2. The average Bonchev–Trinajstić information content (AvgIpc) is 3.31. The van der Waals surface area contributed by atoms with Gasteiger partial charge in [0, 0.05) is 18.3 Å². The second-order valence-corrected chi connectivity index (χ2v) is 8.48. The third-order valence-electron chi connectivity index (χ3n) is 5.93. The zero-order valence-electron chi connectivity index (χ0n) is 16.5. The molecule has 0 unspecified atom stereocenters. The van der Waals surface area contributed by atoms with Crippen molar-refractivity contribution in [2.75, 3.05) is 0 Å². The van der Waals surface area contributed by atoms with Gasteiger partial charge in [-0.1, -0.05) is 50.5 Å². The number of carbonyl (C=O) groups excluding carboxylic acids is 1. The lowest BCUT2D eigenvalue weighted by Crippen LogP contribution is -2.23. The van der Waals surface area contributed by atoms with Crippen LogP contribution in [0.2, 0.25) is 0 Å². The molecule has 27 heavy (non-hydrogen) atoms. The van der Waals surface area contributed by atoms with Crippen LogP contribution in [0.3, 0.4) is 0 Å². The van der Waals surface area contributed by atoms with Gasteiger partial charge in [-0.05, 0) is 38.5 Å². The molecule has 5 heteroatoms. The summed E-state index contributed by atoms with van der Waals surface area (Å²) < 4.78 is 0. The number of allylic oxidation sites excluding steroid dienone is 2. The van der Waals surface area contributed by atoms with Crippen LogP contribution in [0, 0.1) is 23.7 Å². The fraction of sp³-hybridized carbons (Fsp3) is 0.727. The summed E-state index contributed by atoms with van der Waals surface area (Å²) in [6, 6.07) is 0. The summed E-state index contributed by atoms with van der Waals surface area (Å²) in [5.74, 6) is -1.20. The lowest BCUT2D eigenvalue weighted by molar-refractivity contribution is -0.138. The number of Topliss-reactive ketones (excluding diaryl/α,β-unsaturated/α-hetero) is 1. The summed E-state index contributed by atoms with van der Waals surface area (Å²) >= 11 is 0. The zero-order valence-corrected chi connectivity index (χ0v) is 16.5. The zero-order chi connectivity index (χ0) is 20.0. The molecule has 2 saturated carbocycles. The Labute approximate surface area is 162 Å². The molecule has 2 fully saturated rings. The number of aliphatic carboxylic acids is 1. The van der Waals surface area contributed by atoms with E-state index in [1.165, 1.54) is 0 Å². The van der Waals surface area contributed by atoms with Crippen molar-refractivity contribution in [3.63, 3.8) is 0 Å². The Bertz CT molecular complexity index is 577. The molecule has 0 aromatic rings. The summed E-state index contributed by atoms with van der Waals surface area (Å²) in [5, 5.41) is 29.6. The number of unbranched alkanes of at least 4 members (excludes halogenated alkanes) is 2. The minimum Gasteiger partial charge on any atom is -0.481 e. The van der Waals surface area contributed by atoms with E-state index in [-0.39, 0.29) is 35.9 Å². The van der Waals surface area contributed by atoms with E-state index in [0.717, 1.165) is 32.1 Å². The maximum absolute atomic E-state index is 12.2. The number of carboxylic acids is 1. The van der Waals surface area contributed by atoms with Crippen LogP contribution in [0.25, 0.3) is 0 Å². The number of hydrogen-bond acceptors (Lipinski definition) is 4. The Morgan fingerprint density at radius 1 is 1.26 bits per heavy atom. The van der Waals surface area contributed by atoms with E-state index >= 15 is 0 Å². The molecule has 0 aromatic heterocycles. The molecule has 0 aliphatic heterocycles. The highest BCUT2D eigenvalue weighted by Crippen LogP contribution is 2.41. The number of hydrogen-bond donors (Lipinski definition) is 3. The Morgan fingerprint density at radius 2 is 1.96 bits per heavy atom. The molecule has 2 aliphatic rings. The number of carboxylic acid groups (broad SMARTS) is 1.